The molecule has 0 spiro atoms. The van der Waals surface area contributed by atoms with Crippen LogP contribution in [-0.4, -0.2) is 82.3 Å². The second-order valence-corrected chi connectivity index (χ2v) is 17.0. The number of rotatable bonds is 13. The maximum atomic E-state index is 15.1. The minimum absolute atomic E-state index is 0.158. The Balaban J connectivity index is 2.24. The van der Waals surface area contributed by atoms with Crippen molar-refractivity contribution in [3.05, 3.63) is 71.8 Å². The van der Waals surface area contributed by atoms with Crippen LogP contribution in [0.15, 0.2) is 60.7 Å². The average molecular weight is 739 g/mol. The summed E-state index contributed by atoms with van der Waals surface area (Å²) in [7, 11) is 0. The number of nitrogens with zero attached hydrogens (tertiary/aromatic N) is 1. The van der Waals surface area contributed by atoms with E-state index in [1.807, 2.05) is 60.7 Å². The van der Waals surface area contributed by atoms with Gasteiger partial charge < -0.3 is 35.3 Å². The normalized spacial score (nSPS) is 19.5. The molecule has 12 nitrogen and oxygen atoms in total. The zero-order valence-corrected chi connectivity index (χ0v) is 33.6. The molecule has 294 valence electrons. The number of nitrogens with two attached hydrogens (primary N) is 1. The number of ether oxygens (including phenoxy) is 4. The van der Waals surface area contributed by atoms with Crippen LogP contribution in [0.1, 0.15) is 94.2 Å². The monoisotopic (exact) mass is 738 g/mol. The van der Waals surface area contributed by atoms with Crippen LogP contribution in [0.2, 0.25) is 0 Å². The summed E-state index contributed by atoms with van der Waals surface area (Å²) in [4.78, 5) is 57.8. The van der Waals surface area contributed by atoms with E-state index < -0.39 is 89.2 Å². The van der Waals surface area contributed by atoms with Crippen molar-refractivity contribution in [2.75, 3.05) is 0 Å². The summed E-state index contributed by atoms with van der Waals surface area (Å²) in [5.74, 6) is -3.48. The van der Waals surface area contributed by atoms with E-state index >= 15 is 9.59 Å². The summed E-state index contributed by atoms with van der Waals surface area (Å²) in [6, 6.07) is 15.1. The van der Waals surface area contributed by atoms with Gasteiger partial charge in [0.15, 0.2) is 5.79 Å². The van der Waals surface area contributed by atoms with Gasteiger partial charge in [0.1, 0.15) is 35.5 Å². The lowest BCUT2D eigenvalue weighted by atomic mass is 9.89. The standard InChI is InChI=1S/C41H62N4O8/c1-25(2)31(43-37(48)52-39(5,6)7)35(46)45(36(47)32(26(3)4)44-38(49)53-40(8,9)10)30(24-28-21-17-14-18-22-28)34-33(50-41(11,12)51-34)29(42)23-27-19-15-13-16-20-27/h13-22,25-26,29-34H,23-24,42H2,1-12H3,(H,43,48)(H,44,49)/t29-,30-,31-,32-,33+,34+/m0/s1. The third-order valence-electron chi connectivity index (χ3n) is 8.58. The van der Waals surface area contributed by atoms with E-state index in [1.54, 1.807) is 83.1 Å². The molecule has 0 aliphatic carbocycles. The van der Waals surface area contributed by atoms with Gasteiger partial charge in [-0.05, 0) is 91.2 Å². The number of carbonyl (C=O) groups is 4. The van der Waals surface area contributed by atoms with Gasteiger partial charge in [-0.1, -0.05) is 88.4 Å². The van der Waals surface area contributed by atoms with E-state index in [0.29, 0.717) is 6.42 Å². The van der Waals surface area contributed by atoms with Crippen molar-refractivity contribution < 1.29 is 38.1 Å². The van der Waals surface area contributed by atoms with Gasteiger partial charge in [0.25, 0.3) is 11.8 Å². The molecule has 0 aromatic heterocycles. The molecule has 2 aromatic carbocycles. The first kappa shape index (κ1) is 43.4. The fraction of sp³-hybridized carbons (Fsp3) is 0.610. The Hall–Kier alpha value is -4.00. The summed E-state index contributed by atoms with van der Waals surface area (Å²) in [5, 5.41) is 5.45. The highest BCUT2D eigenvalue weighted by molar-refractivity contribution is 6.02. The molecular formula is C41H62N4O8. The van der Waals surface area contributed by atoms with Crippen molar-refractivity contribution in [1.29, 1.82) is 0 Å². The first-order chi connectivity index (χ1) is 24.5. The summed E-state index contributed by atoms with van der Waals surface area (Å²) in [5.41, 5.74) is 7.04. The molecule has 0 saturated carbocycles. The van der Waals surface area contributed by atoms with Gasteiger partial charge in [-0.15, -0.1) is 0 Å². The molecule has 0 unspecified atom stereocenters. The smallest absolute Gasteiger partial charge is 0.408 e. The topological polar surface area (TPSA) is 159 Å². The fourth-order valence-electron chi connectivity index (χ4n) is 6.29. The molecule has 3 rings (SSSR count). The van der Waals surface area contributed by atoms with Crippen LogP contribution in [-0.2, 0) is 41.4 Å². The maximum absolute atomic E-state index is 15.1. The highest BCUT2D eigenvalue weighted by Crippen LogP contribution is 2.36. The predicted molar refractivity (Wildman–Crippen MR) is 204 cm³/mol. The molecule has 1 aliphatic heterocycles. The van der Waals surface area contributed by atoms with Crippen molar-refractivity contribution >= 4 is 24.0 Å². The molecule has 4 amide bonds. The Morgan fingerprint density at radius 2 is 1.08 bits per heavy atom. The highest BCUT2D eigenvalue weighted by atomic mass is 16.8. The molecule has 1 aliphatic rings. The Morgan fingerprint density at radius 1 is 0.698 bits per heavy atom. The van der Waals surface area contributed by atoms with Crippen LogP contribution in [0.5, 0.6) is 0 Å². The zero-order chi connectivity index (χ0) is 39.9. The van der Waals surface area contributed by atoms with Gasteiger partial charge in [-0.3, -0.25) is 14.5 Å². The van der Waals surface area contributed by atoms with E-state index in [1.165, 1.54) is 0 Å². The van der Waals surface area contributed by atoms with Crippen molar-refractivity contribution in [2.45, 2.75) is 149 Å². The van der Waals surface area contributed by atoms with Gasteiger partial charge in [0.2, 0.25) is 0 Å². The summed E-state index contributed by atoms with van der Waals surface area (Å²) in [6.45, 7) is 20.9. The molecule has 1 saturated heterocycles. The molecule has 0 radical (unpaired) electrons. The van der Waals surface area contributed by atoms with E-state index in [2.05, 4.69) is 10.6 Å². The van der Waals surface area contributed by atoms with Crippen LogP contribution in [0.25, 0.3) is 0 Å². The molecule has 53 heavy (non-hydrogen) atoms. The molecule has 12 heteroatoms. The number of carbonyl (C=O) groups excluding carboxylic acids is 4. The van der Waals surface area contributed by atoms with Crippen molar-refractivity contribution in [3.63, 3.8) is 0 Å². The zero-order valence-electron chi connectivity index (χ0n) is 33.6. The lowest BCUT2D eigenvalue weighted by molar-refractivity contribution is -0.165. The maximum Gasteiger partial charge on any atom is 0.408 e. The Morgan fingerprint density at radius 3 is 1.45 bits per heavy atom. The molecule has 1 fully saturated rings. The number of benzene rings is 2. The number of hydrogen-bond acceptors (Lipinski definition) is 9. The van der Waals surface area contributed by atoms with Gasteiger partial charge >= 0.3 is 12.2 Å². The summed E-state index contributed by atoms with van der Waals surface area (Å²) < 4.78 is 24.2. The quantitative estimate of drug-likeness (QED) is 0.220. The van der Waals surface area contributed by atoms with Crippen molar-refractivity contribution in [3.8, 4) is 0 Å². The third-order valence-corrected chi connectivity index (χ3v) is 8.58. The second kappa shape index (κ2) is 17.9. The van der Waals surface area contributed by atoms with Gasteiger partial charge in [-0.2, -0.15) is 0 Å². The first-order valence-corrected chi connectivity index (χ1v) is 18.5. The Labute approximate surface area is 315 Å². The van der Waals surface area contributed by atoms with E-state index in [4.69, 9.17) is 24.7 Å². The third kappa shape index (κ3) is 13.1. The molecule has 1 heterocycles. The molecule has 2 aromatic rings. The van der Waals surface area contributed by atoms with Crippen molar-refractivity contribution in [2.24, 2.45) is 17.6 Å². The van der Waals surface area contributed by atoms with Crippen molar-refractivity contribution in [1.82, 2.24) is 15.5 Å². The van der Waals surface area contributed by atoms with Gasteiger partial charge in [-0.25, -0.2) is 9.59 Å². The van der Waals surface area contributed by atoms with E-state index in [-0.39, 0.29) is 6.42 Å². The van der Waals surface area contributed by atoms with Crippen LogP contribution < -0.4 is 16.4 Å². The van der Waals surface area contributed by atoms with Crippen LogP contribution in [0.4, 0.5) is 9.59 Å². The van der Waals surface area contributed by atoms with E-state index in [9.17, 15) is 9.59 Å². The number of alkyl carbamates (subject to hydrolysis) is 2. The van der Waals surface area contributed by atoms with Crippen LogP contribution in [0.3, 0.4) is 0 Å². The van der Waals surface area contributed by atoms with E-state index in [0.717, 1.165) is 16.0 Å². The summed E-state index contributed by atoms with van der Waals surface area (Å²) >= 11 is 0. The SMILES string of the molecule is CC(C)[C@H](NC(=O)OC(C)(C)C)C(=O)N(C(=O)[C@@H](NC(=O)OC(C)(C)C)C(C)C)[C@@H](Cc1ccccc1)[C@H]1OC(C)(C)O[C@@H]1[C@@H](N)Cc1ccccc1. The minimum Gasteiger partial charge on any atom is -0.444 e. The number of hydrogen-bond donors (Lipinski definition) is 3. The highest BCUT2D eigenvalue weighted by Gasteiger charge is 2.53. The van der Waals surface area contributed by atoms with Gasteiger partial charge in [0.05, 0.1) is 6.04 Å². The predicted octanol–water partition coefficient (Wildman–Crippen LogP) is 6.14. The molecule has 0 bridgehead atoms. The van der Waals surface area contributed by atoms with Gasteiger partial charge in [0, 0.05) is 6.04 Å². The largest absolute Gasteiger partial charge is 0.444 e. The Bertz CT molecular complexity index is 1460. The van der Waals surface area contributed by atoms with Crippen LogP contribution >= 0.6 is 0 Å². The number of imide groups is 1. The Kier molecular flexibility index (Phi) is 14.6. The first-order valence-electron chi connectivity index (χ1n) is 18.5. The molecule has 4 N–H and O–H groups in total. The second-order valence-electron chi connectivity index (χ2n) is 17.0. The fourth-order valence-corrected chi connectivity index (χ4v) is 6.29. The average Bonchev–Trinajstić information content (AvgIpc) is 3.36. The summed E-state index contributed by atoms with van der Waals surface area (Å²) in [6.07, 6.45) is -2.71. The van der Waals surface area contributed by atoms with Crippen LogP contribution in [0, 0.1) is 11.8 Å². The molecule has 6 atom stereocenters. The lowest BCUT2D eigenvalue weighted by Gasteiger charge is -2.41. The lowest BCUT2D eigenvalue weighted by Crippen LogP contribution is -2.65. The molecular weight excluding hydrogens is 676 g/mol. The number of amides is 4. The minimum atomic E-state index is -1.20. The number of nitrogens with one attached hydrogen (secondary N) is 2.